The van der Waals surface area contributed by atoms with E-state index in [1.165, 1.54) is 22.3 Å². The molecule has 1 aliphatic heterocycles. The molecule has 202 valence electrons. The van der Waals surface area contributed by atoms with Crippen LogP contribution in [-0.4, -0.2) is 35.0 Å². The predicted molar refractivity (Wildman–Crippen MR) is 158 cm³/mol. The summed E-state index contributed by atoms with van der Waals surface area (Å²) in [6.07, 6.45) is 4.62. The van der Waals surface area contributed by atoms with Crippen molar-refractivity contribution in [2.45, 2.75) is 13.0 Å². The molecule has 1 atom stereocenters. The van der Waals surface area contributed by atoms with Crippen molar-refractivity contribution in [3.63, 3.8) is 0 Å². The highest BCUT2D eigenvalue weighted by atomic mass is 35.5. The highest BCUT2D eigenvalue weighted by molar-refractivity contribution is 7.22. The third-order valence-corrected chi connectivity index (χ3v) is 7.44. The molecule has 0 saturated carbocycles. The van der Waals surface area contributed by atoms with E-state index in [0.717, 1.165) is 10.3 Å². The second-order valence-corrected chi connectivity index (χ2v) is 10.2. The van der Waals surface area contributed by atoms with Gasteiger partial charge in [0, 0.05) is 5.02 Å². The molecule has 1 aromatic heterocycles. The van der Waals surface area contributed by atoms with Crippen molar-refractivity contribution in [1.82, 2.24) is 4.98 Å². The lowest BCUT2D eigenvalue weighted by atomic mass is 9.95. The predicted octanol–water partition coefficient (Wildman–Crippen LogP) is 7.10. The molecular weight excluding hydrogens is 548 g/mol. The zero-order chi connectivity index (χ0) is 28.2. The van der Waals surface area contributed by atoms with Gasteiger partial charge in [0.15, 0.2) is 28.2 Å². The molecule has 3 aromatic carbocycles. The number of ether oxygens (including phenoxy) is 2. The Bertz CT molecular complexity index is 1660. The molecular formula is C31H25ClN2O5S. The summed E-state index contributed by atoms with van der Waals surface area (Å²) in [6, 6.07) is 18.7. The number of thiazole rings is 1. The number of aromatic nitrogens is 1. The quantitative estimate of drug-likeness (QED) is 0.161. The standard InChI is InChI=1S/C31H25ClN2O5S/c1-3-16-39-24-15-11-20(17-25(24)38-4-2)28-27(23(35)14-10-19-8-6-5-7-9-19)29(36)30(37)34(28)31-33-22-13-12-21(32)18-26(22)40-31/h3,5-15,17-18,28,36H,1,4,16H2,2H3/b14-10+. The normalized spacial score (nSPS) is 15.3. The number of rotatable bonds is 10. The smallest absolute Gasteiger partial charge is 0.296 e. The van der Waals surface area contributed by atoms with Gasteiger partial charge in [-0.05, 0) is 54.5 Å². The number of aliphatic hydroxyl groups excluding tert-OH is 1. The summed E-state index contributed by atoms with van der Waals surface area (Å²) in [7, 11) is 0. The Hall–Kier alpha value is -4.40. The van der Waals surface area contributed by atoms with Gasteiger partial charge in [0.25, 0.3) is 5.91 Å². The molecule has 0 spiro atoms. The maximum atomic E-state index is 13.6. The highest BCUT2D eigenvalue weighted by Crippen LogP contribution is 2.45. The lowest BCUT2D eigenvalue weighted by Gasteiger charge is -2.25. The van der Waals surface area contributed by atoms with E-state index in [1.807, 2.05) is 37.3 Å². The molecule has 7 nitrogen and oxygen atoms in total. The molecule has 5 rings (SSSR count). The maximum absolute atomic E-state index is 13.6. The van der Waals surface area contributed by atoms with Gasteiger partial charge in [0.1, 0.15) is 6.61 Å². The molecule has 1 unspecified atom stereocenters. The van der Waals surface area contributed by atoms with Gasteiger partial charge >= 0.3 is 0 Å². The zero-order valence-electron chi connectivity index (χ0n) is 21.5. The monoisotopic (exact) mass is 572 g/mol. The minimum absolute atomic E-state index is 0.0586. The van der Waals surface area contributed by atoms with Crippen LogP contribution in [0.1, 0.15) is 24.1 Å². The van der Waals surface area contributed by atoms with Gasteiger partial charge in [-0.3, -0.25) is 14.5 Å². The summed E-state index contributed by atoms with van der Waals surface area (Å²) in [5.41, 5.74) is 1.93. The summed E-state index contributed by atoms with van der Waals surface area (Å²) in [5, 5.41) is 11.9. The van der Waals surface area contributed by atoms with E-state index in [9.17, 15) is 14.7 Å². The Morgan fingerprint density at radius 1 is 1.12 bits per heavy atom. The molecule has 1 aliphatic rings. The second kappa shape index (κ2) is 11.8. The lowest BCUT2D eigenvalue weighted by Crippen LogP contribution is -2.30. The number of halogens is 1. The largest absolute Gasteiger partial charge is 0.503 e. The minimum atomic E-state index is -0.968. The Kier molecular flexibility index (Phi) is 8.00. The van der Waals surface area contributed by atoms with Gasteiger partial charge in [-0.2, -0.15) is 0 Å². The van der Waals surface area contributed by atoms with Crippen molar-refractivity contribution in [1.29, 1.82) is 0 Å². The number of hydrogen-bond donors (Lipinski definition) is 1. The number of hydrogen-bond acceptors (Lipinski definition) is 7. The van der Waals surface area contributed by atoms with Crippen molar-refractivity contribution in [3.05, 3.63) is 113 Å². The van der Waals surface area contributed by atoms with Gasteiger partial charge < -0.3 is 14.6 Å². The molecule has 0 fully saturated rings. The topological polar surface area (TPSA) is 89.0 Å². The van der Waals surface area contributed by atoms with Gasteiger partial charge in [0.2, 0.25) is 0 Å². The fraction of sp³-hybridized carbons (Fsp3) is 0.129. The average molecular weight is 573 g/mol. The number of anilines is 1. The van der Waals surface area contributed by atoms with Crippen LogP contribution in [0.2, 0.25) is 5.02 Å². The Morgan fingerprint density at radius 2 is 1.93 bits per heavy atom. The fourth-order valence-electron chi connectivity index (χ4n) is 4.42. The van der Waals surface area contributed by atoms with E-state index in [0.29, 0.717) is 39.3 Å². The van der Waals surface area contributed by atoms with Crippen LogP contribution in [0.25, 0.3) is 16.3 Å². The summed E-state index contributed by atoms with van der Waals surface area (Å²) in [4.78, 5) is 33.1. The molecule has 0 saturated heterocycles. The zero-order valence-corrected chi connectivity index (χ0v) is 23.1. The van der Waals surface area contributed by atoms with E-state index in [1.54, 1.807) is 48.6 Å². The van der Waals surface area contributed by atoms with E-state index >= 15 is 0 Å². The number of ketones is 1. The Morgan fingerprint density at radius 3 is 2.67 bits per heavy atom. The second-order valence-electron chi connectivity index (χ2n) is 8.80. The molecule has 4 aromatic rings. The first-order valence-electron chi connectivity index (χ1n) is 12.5. The van der Waals surface area contributed by atoms with Crippen LogP contribution in [0.4, 0.5) is 5.13 Å². The average Bonchev–Trinajstić information content (AvgIpc) is 3.49. The summed E-state index contributed by atoms with van der Waals surface area (Å²) in [6.45, 7) is 6.17. The van der Waals surface area contributed by atoms with Crippen LogP contribution in [0, 0.1) is 0 Å². The van der Waals surface area contributed by atoms with Crippen molar-refractivity contribution in [2.24, 2.45) is 0 Å². The fourth-order valence-corrected chi connectivity index (χ4v) is 5.68. The third kappa shape index (κ3) is 5.36. The van der Waals surface area contributed by atoms with Crippen molar-refractivity contribution < 1.29 is 24.2 Å². The van der Waals surface area contributed by atoms with Gasteiger partial charge in [-0.25, -0.2) is 4.98 Å². The number of benzene rings is 3. The maximum Gasteiger partial charge on any atom is 0.296 e. The van der Waals surface area contributed by atoms with Gasteiger partial charge in [-0.1, -0.05) is 78.1 Å². The van der Waals surface area contributed by atoms with Crippen LogP contribution in [-0.2, 0) is 9.59 Å². The van der Waals surface area contributed by atoms with Crippen LogP contribution in [0.15, 0.2) is 96.8 Å². The van der Waals surface area contributed by atoms with Crippen LogP contribution in [0.3, 0.4) is 0 Å². The SMILES string of the molecule is C=CCOc1ccc(C2C(C(=O)/C=C/c3ccccc3)=C(O)C(=O)N2c2nc3ccc(Cl)cc3s2)cc1OCC. The molecule has 9 heteroatoms. The molecule has 1 amide bonds. The van der Waals surface area contributed by atoms with E-state index in [4.69, 9.17) is 21.1 Å². The summed E-state index contributed by atoms with van der Waals surface area (Å²) in [5.74, 6) is -0.938. The van der Waals surface area contributed by atoms with E-state index in [-0.39, 0.29) is 12.2 Å². The number of carbonyl (C=O) groups excluding carboxylic acids is 2. The van der Waals surface area contributed by atoms with E-state index in [2.05, 4.69) is 11.6 Å². The lowest BCUT2D eigenvalue weighted by molar-refractivity contribution is -0.117. The number of amides is 1. The number of fused-ring (bicyclic) bond motifs is 1. The Labute approximate surface area is 240 Å². The number of nitrogens with zero attached hydrogens (tertiary/aromatic N) is 2. The molecule has 0 radical (unpaired) electrons. The van der Waals surface area contributed by atoms with Crippen molar-refractivity contribution >= 4 is 56.1 Å². The number of allylic oxidation sites excluding steroid dienone is 1. The molecule has 1 N–H and O–H groups in total. The Balaban J connectivity index is 1.63. The first-order chi connectivity index (χ1) is 19.4. The minimum Gasteiger partial charge on any atom is -0.503 e. The number of carbonyl (C=O) groups is 2. The van der Waals surface area contributed by atoms with E-state index < -0.39 is 23.5 Å². The molecule has 2 heterocycles. The first kappa shape index (κ1) is 27.2. The molecule has 0 bridgehead atoms. The molecule has 40 heavy (non-hydrogen) atoms. The van der Waals surface area contributed by atoms with Crippen LogP contribution < -0.4 is 14.4 Å². The van der Waals surface area contributed by atoms with Gasteiger partial charge in [0.05, 0.1) is 28.4 Å². The van der Waals surface area contributed by atoms with Crippen LogP contribution in [0.5, 0.6) is 11.5 Å². The number of aliphatic hydroxyl groups is 1. The molecule has 0 aliphatic carbocycles. The van der Waals surface area contributed by atoms with Crippen molar-refractivity contribution in [2.75, 3.05) is 18.1 Å². The third-order valence-electron chi connectivity index (χ3n) is 6.19. The van der Waals surface area contributed by atoms with Gasteiger partial charge in [-0.15, -0.1) is 0 Å². The summed E-state index contributed by atoms with van der Waals surface area (Å²) < 4.78 is 12.3. The van der Waals surface area contributed by atoms with Crippen molar-refractivity contribution in [3.8, 4) is 11.5 Å². The first-order valence-corrected chi connectivity index (χ1v) is 13.7. The van der Waals surface area contributed by atoms with Crippen LogP contribution >= 0.6 is 22.9 Å². The summed E-state index contributed by atoms with van der Waals surface area (Å²) >= 11 is 7.42. The highest BCUT2D eigenvalue weighted by Gasteiger charge is 2.45.